The summed E-state index contributed by atoms with van der Waals surface area (Å²) in [6.45, 7) is 5.98. The van der Waals surface area contributed by atoms with Crippen molar-refractivity contribution in [1.29, 1.82) is 0 Å². The van der Waals surface area contributed by atoms with E-state index in [1.165, 1.54) is 17.0 Å². The molecular formula is C31H37N3O6S. The van der Waals surface area contributed by atoms with E-state index in [-0.39, 0.29) is 29.1 Å². The van der Waals surface area contributed by atoms with Crippen molar-refractivity contribution in [2.24, 2.45) is 0 Å². The zero-order valence-corrected chi connectivity index (χ0v) is 24.5. The molecule has 1 N–H and O–H groups in total. The average Bonchev–Trinajstić information content (AvgIpc) is 3.00. The number of rotatable bonds is 12. The first-order valence-corrected chi connectivity index (χ1v) is 15.3. The van der Waals surface area contributed by atoms with Crippen LogP contribution in [0.1, 0.15) is 32.8 Å². The van der Waals surface area contributed by atoms with Crippen molar-refractivity contribution in [1.82, 2.24) is 10.2 Å². The second-order valence-electron chi connectivity index (χ2n) is 9.97. The van der Waals surface area contributed by atoms with Crippen molar-refractivity contribution in [3.05, 3.63) is 84.4 Å². The first-order chi connectivity index (χ1) is 19.7. The number of sulfonamides is 1. The van der Waals surface area contributed by atoms with Crippen LogP contribution >= 0.6 is 0 Å². The molecule has 0 bridgehead atoms. The van der Waals surface area contributed by atoms with E-state index in [1.54, 1.807) is 43.3 Å². The van der Waals surface area contributed by atoms with Crippen molar-refractivity contribution in [3.8, 4) is 11.5 Å². The van der Waals surface area contributed by atoms with E-state index in [2.05, 4.69) is 5.32 Å². The molecule has 0 spiro atoms. The third kappa shape index (κ3) is 7.38. The molecule has 3 aromatic carbocycles. The van der Waals surface area contributed by atoms with Gasteiger partial charge in [0.1, 0.15) is 25.8 Å². The van der Waals surface area contributed by atoms with Gasteiger partial charge in [0.2, 0.25) is 11.8 Å². The summed E-state index contributed by atoms with van der Waals surface area (Å²) in [7, 11) is -4.16. The molecule has 2 amide bonds. The Labute approximate surface area is 242 Å². The summed E-state index contributed by atoms with van der Waals surface area (Å²) in [5, 5.41) is 2.94. The van der Waals surface area contributed by atoms with Gasteiger partial charge >= 0.3 is 0 Å². The molecule has 4 rings (SSSR count). The maximum absolute atomic E-state index is 14.0. The number of ether oxygens (including phenoxy) is 2. The number of nitrogens with one attached hydrogen (secondary N) is 1. The van der Waals surface area contributed by atoms with E-state index in [0.717, 1.165) is 16.3 Å². The Morgan fingerprint density at radius 2 is 1.54 bits per heavy atom. The molecule has 0 saturated heterocycles. The Bertz CT molecular complexity index is 1430. The molecule has 41 heavy (non-hydrogen) atoms. The third-order valence-electron chi connectivity index (χ3n) is 7.08. The molecule has 0 fully saturated rings. The van der Waals surface area contributed by atoms with Crippen LogP contribution in [-0.4, -0.2) is 63.5 Å². The summed E-state index contributed by atoms with van der Waals surface area (Å²) in [6, 6.07) is 21.5. The van der Waals surface area contributed by atoms with Crippen LogP contribution in [0, 0.1) is 0 Å². The number of nitrogens with zero attached hydrogens (tertiary/aromatic N) is 2. The smallest absolute Gasteiger partial charge is 0.264 e. The number of amides is 2. The lowest BCUT2D eigenvalue weighted by Crippen LogP contribution is -2.53. The quantitative estimate of drug-likeness (QED) is 0.348. The molecule has 0 aliphatic carbocycles. The number of anilines is 1. The largest absolute Gasteiger partial charge is 0.486 e. The van der Waals surface area contributed by atoms with Gasteiger partial charge in [-0.15, -0.1) is 0 Å². The fourth-order valence-electron chi connectivity index (χ4n) is 4.47. The highest BCUT2D eigenvalue weighted by molar-refractivity contribution is 7.92. The summed E-state index contributed by atoms with van der Waals surface area (Å²) in [5.41, 5.74) is 1.26. The fraction of sp³-hybridized carbons (Fsp3) is 0.355. The van der Waals surface area contributed by atoms with E-state index >= 15 is 0 Å². The molecule has 1 aliphatic rings. The maximum atomic E-state index is 14.0. The maximum Gasteiger partial charge on any atom is 0.264 e. The van der Waals surface area contributed by atoms with Gasteiger partial charge in [0.05, 0.1) is 10.6 Å². The van der Waals surface area contributed by atoms with E-state index in [1.807, 2.05) is 44.2 Å². The van der Waals surface area contributed by atoms with Gasteiger partial charge in [-0.3, -0.25) is 13.9 Å². The number of carbonyl (C=O) groups excluding carboxylic acids is 2. The molecule has 0 radical (unpaired) electrons. The number of hydrogen-bond acceptors (Lipinski definition) is 6. The Balaban J connectivity index is 1.68. The Morgan fingerprint density at radius 3 is 2.20 bits per heavy atom. The highest BCUT2D eigenvalue weighted by atomic mass is 32.2. The third-order valence-corrected chi connectivity index (χ3v) is 8.86. The highest BCUT2D eigenvalue weighted by Gasteiger charge is 2.33. The summed E-state index contributed by atoms with van der Waals surface area (Å²) >= 11 is 0. The van der Waals surface area contributed by atoms with Crippen LogP contribution in [0.4, 0.5) is 5.69 Å². The predicted molar refractivity (Wildman–Crippen MR) is 158 cm³/mol. The van der Waals surface area contributed by atoms with Crippen LogP contribution in [0.25, 0.3) is 0 Å². The van der Waals surface area contributed by atoms with Crippen molar-refractivity contribution >= 4 is 27.5 Å². The molecule has 0 aromatic heterocycles. The minimum atomic E-state index is -4.16. The summed E-state index contributed by atoms with van der Waals surface area (Å²) < 4.78 is 40.2. The highest BCUT2D eigenvalue weighted by Crippen LogP contribution is 2.35. The van der Waals surface area contributed by atoms with Crippen LogP contribution in [0.5, 0.6) is 11.5 Å². The van der Waals surface area contributed by atoms with Gasteiger partial charge in [-0.05, 0) is 56.5 Å². The summed E-state index contributed by atoms with van der Waals surface area (Å²) in [4.78, 5) is 28.6. The minimum Gasteiger partial charge on any atom is -0.486 e. The van der Waals surface area contributed by atoms with Gasteiger partial charge in [-0.2, -0.15) is 0 Å². The van der Waals surface area contributed by atoms with Crippen LogP contribution in [0.3, 0.4) is 0 Å². The van der Waals surface area contributed by atoms with Crippen LogP contribution < -0.4 is 19.1 Å². The minimum absolute atomic E-state index is 0.0427. The first-order valence-electron chi connectivity index (χ1n) is 13.8. The molecule has 3 aromatic rings. The van der Waals surface area contributed by atoms with Crippen LogP contribution in [-0.2, 0) is 26.0 Å². The Kier molecular flexibility index (Phi) is 9.88. The van der Waals surface area contributed by atoms with Gasteiger partial charge in [0, 0.05) is 18.7 Å². The molecule has 1 heterocycles. The summed E-state index contributed by atoms with van der Waals surface area (Å²) in [6.07, 6.45) is 1.24. The van der Waals surface area contributed by atoms with Gasteiger partial charge in [-0.25, -0.2) is 8.42 Å². The van der Waals surface area contributed by atoms with E-state index < -0.39 is 28.5 Å². The van der Waals surface area contributed by atoms with Crippen molar-refractivity contribution in [3.63, 3.8) is 0 Å². The molecule has 2 unspecified atom stereocenters. The molecule has 0 saturated carbocycles. The number of fused-ring (bicyclic) bond motifs is 1. The van der Waals surface area contributed by atoms with Crippen molar-refractivity contribution < 1.29 is 27.5 Å². The second-order valence-corrected chi connectivity index (χ2v) is 11.8. The van der Waals surface area contributed by atoms with Crippen molar-refractivity contribution in [2.75, 3.05) is 30.6 Å². The predicted octanol–water partition coefficient (Wildman–Crippen LogP) is 4.03. The topological polar surface area (TPSA) is 105 Å². The summed E-state index contributed by atoms with van der Waals surface area (Å²) in [5.74, 6) is 0.111. The SMILES string of the molecule is CCC(C)NC(=O)C(C)N(CCc1ccccc1)C(=O)CN(c1ccc2c(c1)OCCO2)S(=O)(=O)c1ccccc1. The molecule has 9 nitrogen and oxygen atoms in total. The molecule has 2 atom stereocenters. The van der Waals surface area contributed by atoms with Gasteiger partial charge in [0.25, 0.3) is 10.0 Å². The monoisotopic (exact) mass is 579 g/mol. The van der Waals surface area contributed by atoms with Gasteiger partial charge < -0.3 is 19.7 Å². The standard InChI is InChI=1S/C31H37N3O6S/c1-4-23(2)32-31(36)24(3)33(18-17-25-11-7-5-8-12-25)30(35)22-34(41(37,38)27-13-9-6-10-14-27)26-15-16-28-29(21-26)40-20-19-39-28/h5-16,21,23-24H,4,17-20,22H2,1-3H3,(H,32,36). The normalized spacial score (nSPS) is 14.0. The molecule has 1 aliphatic heterocycles. The zero-order valence-electron chi connectivity index (χ0n) is 23.7. The van der Waals surface area contributed by atoms with Crippen LogP contribution in [0.2, 0.25) is 0 Å². The lowest BCUT2D eigenvalue weighted by Gasteiger charge is -2.32. The number of benzene rings is 3. The van der Waals surface area contributed by atoms with Gasteiger partial charge in [0.15, 0.2) is 11.5 Å². The zero-order chi connectivity index (χ0) is 29.4. The fourth-order valence-corrected chi connectivity index (χ4v) is 5.90. The lowest BCUT2D eigenvalue weighted by molar-refractivity contribution is -0.139. The van der Waals surface area contributed by atoms with E-state index in [0.29, 0.717) is 31.1 Å². The number of carbonyl (C=O) groups is 2. The molecule has 10 heteroatoms. The lowest BCUT2D eigenvalue weighted by atomic mass is 10.1. The Hall–Kier alpha value is -4.05. The van der Waals surface area contributed by atoms with E-state index in [4.69, 9.17) is 9.47 Å². The average molecular weight is 580 g/mol. The van der Waals surface area contributed by atoms with Gasteiger partial charge in [-0.1, -0.05) is 55.5 Å². The first kappa shape index (κ1) is 29.9. The van der Waals surface area contributed by atoms with E-state index in [9.17, 15) is 18.0 Å². The Morgan fingerprint density at radius 1 is 0.902 bits per heavy atom. The van der Waals surface area contributed by atoms with Crippen molar-refractivity contribution in [2.45, 2.75) is 50.6 Å². The molecular weight excluding hydrogens is 542 g/mol. The molecule has 218 valence electrons. The number of hydrogen-bond donors (Lipinski definition) is 1. The second kappa shape index (κ2) is 13.5. The van der Waals surface area contributed by atoms with Crippen LogP contribution in [0.15, 0.2) is 83.8 Å².